The second-order valence-corrected chi connectivity index (χ2v) is 10.7. The first-order valence-corrected chi connectivity index (χ1v) is 12.5. The summed E-state index contributed by atoms with van der Waals surface area (Å²) in [4.78, 5) is 64.7. The van der Waals surface area contributed by atoms with Gasteiger partial charge in [-0.3, -0.25) is 29.3 Å². The number of allylic oxidation sites excluding steroid dienone is 2. The number of imide groups is 1. The van der Waals surface area contributed by atoms with E-state index in [0.717, 1.165) is 16.4 Å². The largest absolute Gasteiger partial charge is 0.292 e. The van der Waals surface area contributed by atoms with Gasteiger partial charge in [-0.1, -0.05) is 35.4 Å². The number of carbonyl (C=O) groups excluding carboxylic acids is 4. The van der Waals surface area contributed by atoms with Crippen LogP contribution in [0.2, 0.25) is 10.0 Å². The molecular formula is C26H19Cl2N3O6. The van der Waals surface area contributed by atoms with Gasteiger partial charge in [-0.05, 0) is 60.4 Å². The third kappa shape index (κ3) is 3.67. The molecule has 4 aliphatic carbocycles. The number of non-ortho nitro benzene ring substituents is 1. The average molecular weight is 540 g/mol. The summed E-state index contributed by atoms with van der Waals surface area (Å²) in [6, 6.07) is 9.05. The number of nitrogens with zero attached hydrogens (tertiary/aromatic N) is 3. The lowest BCUT2D eigenvalue weighted by Crippen LogP contribution is -2.52. The van der Waals surface area contributed by atoms with Crippen LogP contribution >= 0.6 is 23.2 Å². The van der Waals surface area contributed by atoms with E-state index in [-0.39, 0.29) is 38.7 Å². The molecule has 37 heavy (non-hydrogen) atoms. The third-order valence-electron chi connectivity index (χ3n) is 7.97. The molecule has 2 saturated carbocycles. The quantitative estimate of drug-likeness (QED) is 0.178. The number of rotatable bonds is 6. The minimum Gasteiger partial charge on any atom is -0.292 e. The first-order chi connectivity index (χ1) is 17.7. The molecule has 6 atom stereocenters. The SMILES string of the molecule is O=C(CN(C(=O)c1ccc(Cl)cc1Cl)N1C(=O)[C@@H]2[C@H]3C=C[C@@H]([C@@H]4C[C@H]34)[C@H]2C1=O)c1ccc([N+](=O)[O-])cc1. The molecule has 2 aromatic carbocycles. The first-order valence-electron chi connectivity index (χ1n) is 11.8. The van der Waals surface area contributed by atoms with Gasteiger partial charge in [0.25, 0.3) is 23.4 Å². The van der Waals surface area contributed by atoms with Crippen molar-refractivity contribution in [3.05, 3.63) is 85.9 Å². The predicted octanol–water partition coefficient (Wildman–Crippen LogP) is 4.19. The summed E-state index contributed by atoms with van der Waals surface area (Å²) in [5, 5.41) is 12.9. The van der Waals surface area contributed by atoms with Crippen molar-refractivity contribution < 1.29 is 24.1 Å². The third-order valence-corrected chi connectivity index (χ3v) is 8.52. The highest BCUT2D eigenvalue weighted by molar-refractivity contribution is 6.36. The smallest absolute Gasteiger partial charge is 0.274 e. The molecular weight excluding hydrogens is 521 g/mol. The number of benzene rings is 2. The highest BCUT2D eigenvalue weighted by Gasteiger charge is 2.68. The molecule has 1 heterocycles. The molecule has 0 radical (unpaired) electrons. The Balaban J connectivity index is 1.36. The lowest BCUT2D eigenvalue weighted by atomic mass is 9.63. The Morgan fingerprint density at radius 2 is 1.57 bits per heavy atom. The molecule has 11 heteroatoms. The lowest BCUT2D eigenvalue weighted by Gasteiger charge is -2.37. The Morgan fingerprint density at radius 1 is 0.973 bits per heavy atom. The molecule has 7 rings (SSSR count). The van der Waals surface area contributed by atoms with Crippen molar-refractivity contribution in [2.45, 2.75) is 6.42 Å². The summed E-state index contributed by atoms with van der Waals surface area (Å²) < 4.78 is 0. The average Bonchev–Trinajstić information content (AvgIpc) is 3.66. The molecule has 0 aromatic heterocycles. The van der Waals surface area contributed by atoms with Crippen LogP contribution in [0.5, 0.6) is 0 Å². The summed E-state index contributed by atoms with van der Waals surface area (Å²) >= 11 is 12.2. The zero-order valence-corrected chi connectivity index (χ0v) is 20.6. The van der Waals surface area contributed by atoms with E-state index in [2.05, 4.69) is 0 Å². The van der Waals surface area contributed by atoms with Gasteiger partial charge in [0.1, 0.15) is 6.54 Å². The molecule has 2 bridgehead atoms. The van der Waals surface area contributed by atoms with Crippen LogP contribution in [0.1, 0.15) is 27.1 Å². The van der Waals surface area contributed by atoms with Crippen LogP contribution in [0.4, 0.5) is 5.69 Å². The fourth-order valence-corrected chi connectivity index (χ4v) is 6.70. The maximum Gasteiger partial charge on any atom is 0.274 e. The number of halogens is 2. The van der Waals surface area contributed by atoms with Gasteiger partial charge < -0.3 is 0 Å². The van der Waals surface area contributed by atoms with Crippen LogP contribution in [0.15, 0.2) is 54.6 Å². The van der Waals surface area contributed by atoms with E-state index in [1.165, 1.54) is 42.5 Å². The molecule has 1 aliphatic heterocycles. The van der Waals surface area contributed by atoms with Crippen molar-refractivity contribution in [3.63, 3.8) is 0 Å². The van der Waals surface area contributed by atoms with Crippen LogP contribution in [0.3, 0.4) is 0 Å². The van der Waals surface area contributed by atoms with Crippen molar-refractivity contribution >= 4 is 52.4 Å². The summed E-state index contributed by atoms with van der Waals surface area (Å²) in [5.41, 5.74) is -0.139. The lowest BCUT2D eigenvalue weighted by molar-refractivity contribution is -0.384. The van der Waals surface area contributed by atoms with Crippen molar-refractivity contribution in [1.29, 1.82) is 0 Å². The monoisotopic (exact) mass is 539 g/mol. The molecule has 5 aliphatic rings. The van der Waals surface area contributed by atoms with Gasteiger partial charge in [0, 0.05) is 22.7 Å². The van der Waals surface area contributed by atoms with Crippen molar-refractivity contribution in [3.8, 4) is 0 Å². The molecule has 9 nitrogen and oxygen atoms in total. The van der Waals surface area contributed by atoms with Crippen molar-refractivity contribution in [2.24, 2.45) is 35.5 Å². The standard InChI is InChI=1S/C26H19Cl2N3O6/c27-13-3-6-17(20(28)9-13)24(33)29(11-21(32)12-1-4-14(5-2-12)31(36)37)30-25(34)22-15-7-8-16(19-10-18(15)19)23(22)26(30)35/h1-9,15-16,18-19,22-23H,10-11H2/t15-,16-,18-,19+,22+,23+/m0/s1. The molecule has 0 spiro atoms. The number of carbonyl (C=O) groups is 4. The predicted molar refractivity (Wildman–Crippen MR) is 131 cm³/mol. The van der Waals surface area contributed by atoms with Crippen LogP contribution in [0, 0.1) is 45.6 Å². The fraction of sp³-hybridized carbons (Fsp3) is 0.308. The zero-order valence-electron chi connectivity index (χ0n) is 19.1. The van der Waals surface area contributed by atoms with Crippen LogP contribution in [-0.2, 0) is 9.59 Å². The number of hydrogen-bond acceptors (Lipinski definition) is 6. The molecule has 0 N–H and O–H groups in total. The van der Waals surface area contributed by atoms with E-state index in [0.29, 0.717) is 11.8 Å². The number of Topliss-reactive ketones (excluding diaryl/α,β-unsaturated/α-hetero) is 1. The maximum absolute atomic E-state index is 13.7. The van der Waals surface area contributed by atoms with Gasteiger partial charge in [-0.2, -0.15) is 5.01 Å². The van der Waals surface area contributed by atoms with Crippen LogP contribution < -0.4 is 0 Å². The summed E-state index contributed by atoms with van der Waals surface area (Å²) in [5.74, 6) is -2.96. The maximum atomic E-state index is 13.7. The molecule has 3 fully saturated rings. The Labute approximate surface area is 220 Å². The Kier molecular flexibility index (Phi) is 5.47. The molecule has 0 unspecified atom stereocenters. The number of hydrazine groups is 1. The summed E-state index contributed by atoms with van der Waals surface area (Å²) in [6.07, 6.45) is 5.01. The highest BCUT2D eigenvalue weighted by atomic mass is 35.5. The van der Waals surface area contributed by atoms with E-state index >= 15 is 0 Å². The minimum absolute atomic E-state index is 0.00442. The van der Waals surface area contributed by atoms with Crippen molar-refractivity contribution in [1.82, 2.24) is 10.0 Å². The molecule has 1 saturated heterocycles. The normalized spacial score (nSPS) is 28.6. The number of nitro groups is 1. The van der Waals surface area contributed by atoms with Gasteiger partial charge in [0.15, 0.2) is 5.78 Å². The van der Waals surface area contributed by atoms with Gasteiger partial charge >= 0.3 is 0 Å². The fourth-order valence-electron chi connectivity index (χ4n) is 6.21. The first kappa shape index (κ1) is 23.8. The van der Waals surface area contributed by atoms with Crippen LogP contribution in [-0.4, -0.2) is 45.0 Å². The second kappa shape index (κ2) is 8.49. The van der Waals surface area contributed by atoms with E-state index in [1.54, 1.807) is 0 Å². The van der Waals surface area contributed by atoms with Gasteiger partial charge in [-0.15, -0.1) is 0 Å². The van der Waals surface area contributed by atoms with Crippen molar-refractivity contribution in [2.75, 3.05) is 6.54 Å². The molecule has 188 valence electrons. The van der Waals surface area contributed by atoms with E-state index < -0.39 is 46.8 Å². The Hall–Kier alpha value is -3.56. The number of nitro benzene ring substituents is 1. The van der Waals surface area contributed by atoms with E-state index in [4.69, 9.17) is 23.2 Å². The summed E-state index contributed by atoms with van der Waals surface area (Å²) in [7, 11) is 0. The second-order valence-electron chi connectivity index (χ2n) is 9.86. The molecule has 2 aromatic rings. The van der Waals surface area contributed by atoms with Crippen LogP contribution in [0.25, 0.3) is 0 Å². The number of ketones is 1. The topological polar surface area (TPSA) is 118 Å². The Morgan fingerprint density at radius 3 is 2.11 bits per heavy atom. The summed E-state index contributed by atoms with van der Waals surface area (Å²) in [6.45, 7) is -0.637. The highest BCUT2D eigenvalue weighted by Crippen LogP contribution is 2.65. The van der Waals surface area contributed by atoms with Gasteiger partial charge in [-0.25, -0.2) is 5.01 Å². The Bertz CT molecular complexity index is 1390. The van der Waals surface area contributed by atoms with E-state index in [9.17, 15) is 29.3 Å². The number of amides is 3. The van der Waals surface area contributed by atoms with Gasteiger partial charge in [0.05, 0.1) is 27.3 Å². The number of hydrogen-bond donors (Lipinski definition) is 0. The van der Waals surface area contributed by atoms with E-state index in [1.807, 2.05) is 12.2 Å². The zero-order chi connectivity index (χ0) is 26.2. The van der Waals surface area contributed by atoms with Gasteiger partial charge in [0.2, 0.25) is 0 Å². The molecule has 3 amide bonds. The minimum atomic E-state index is -0.803.